The molecule has 82 valence electrons. The molecule has 0 saturated carbocycles. The molecular weight excluding hydrogens is 190 g/mol. The number of nitrogens with zero attached hydrogens (tertiary/aromatic N) is 1. The average Bonchev–Trinajstić information content (AvgIpc) is 2.28. The first-order chi connectivity index (χ1) is 7.22. The second-order valence-electron chi connectivity index (χ2n) is 4.11. The van der Waals surface area contributed by atoms with Crippen molar-refractivity contribution in [2.45, 2.75) is 39.2 Å². The minimum Gasteiger partial charge on any atom is -0.311 e. The van der Waals surface area contributed by atoms with Gasteiger partial charge in [-0.15, -0.1) is 0 Å². The Morgan fingerprint density at radius 2 is 2.33 bits per heavy atom. The Morgan fingerprint density at radius 1 is 1.53 bits per heavy atom. The summed E-state index contributed by atoms with van der Waals surface area (Å²) >= 11 is 0. The molecule has 1 unspecified atom stereocenters. The monoisotopic (exact) mass is 207 g/mol. The van der Waals surface area contributed by atoms with E-state index in [9.17, 15) is 4.79 Å². The standard InChI is InChI=1S/C11H17N3O/c1-3-7(2)10-13-9-6-12-5-4-8(9)11(15)14-10/h7,12H,3-6H2,1-2H3,(H,13,14,15). The quantitative estimate of drug-likeness (QED) is 0.758. The maximum Gasteiger partial charge on any atom is 0.254 e. The van der Waals surface area contributed by atoms with Gasteiger partial charge in [0.2, 0.25) is 0 Å². The van der Waals surface area contributed by atoms with Crippen molar-refractivity contribution < 1.29 is 0 Å². The van der Waals surface area contributed by atoms with Gasteiger partial charge in [0.1, 0.15) is 5.82 Å². The molecule has 0 fully saturated rings. The highest BCUT2D eigenvalue weighted by Crippen LogP contribution is 2.15. The van der Waals surface area contributed by atoms with Crippen molar-refractivity contribution in [3.8, 4) is 0 Å². The van der Waals surface area contributed by atoms with Gasteiger partial charge in [0.15, 0.2) is 0 Å². The van der Waals surface area contributed by atoms with Crippen molar-refractivity contribution in [3.63, 3.8) is 0 Å². The molecule has 4 heteroatoms. The van der Waals surface area contributed by atoms with Crippen LogP contribution in [0.15, 0.2) is 4.79 Å². The summed E-state index contributed by atoms with van der Waals surface area (Å²) in [5.74, 6) is 1.15. The van der Waals surface area contributed by atoms with Crippen molar-refractivity contribution in [3.05, 3.63) is 27.4 Å². The summed E-state index contributed by atoms with van der Waals surface area (Å²) in [6.07, 6.45) is 1.79. The first-order valence-corrected chi connectivity index (χ1v) is 5.55. The zero-order valence-corrected chi connectivity index (χ0v) is 9.26. The molecule has 1 aliphatic rings. The first-order valence-electron chi connectivity index (χ1n) is 5.55. The molecule has 15 heavy (non-hydrogen) atoms. The maximum atomic E-state index is 11.8. The van der Waals surface area contributed by atoms with E-state index in [4.69, 9.17) is 0 Å². The third-order valence-electron chi connectivity index (χ3n) is 3.04. The maximum absolute atomic E-state index is 11.8. The van der Waals surface area contributed by atoms with E-state index in [1.54, 1.807) is 0 Å². The van der Waals surface area contributed by atoms with Crippen molar-refractivity contribution >= 4 is 0 Å². The fraction of sp³-hybridized carbons (Fsp3) is 0.636. The molecule has 0 spiro atoms. The fourth-order valence-electron chi connectivity index (χ4n) is 1.81. The molecule has 2 heterocycles. The molecule has 0 saturated heterocycles. The average molecular weight is 207 g/mol. The highest BCUT2D eigenvalue weighted by Gasteiger charge is 2.16. The Hall–Kier alpha value is -1.16. The predicted octanol–water partition coefficient (Wildman–Crippen LogP) is 0.929. The minimum absolute atomic E-state index is 0.0526. The van der Waals surface area contributed by atoms with E-state index in [0.29, 0.717) is 5.92 Å². The predicted molar refractivity (Wildman–Crippen MR) is 59.0 cm³/mol. The zero-order chi connectivity index (χ0) is 10.8. The van der Waals surface area contributed by atoms with Gasteiger partial charge >= 0.3 is 0 Å². The van der Waals surface area contributed by atoms with Crippen molar-refractivity contribution in [2.75, 3.05) is 6.54 Å². The number of nitrogens with one attached hydrogen (secondary N) is 2. The number of rotatable bonds is 2. The second-order valence-corrected chi connectivity index (χ2v) is 4.11. The van der Waals surface area contributed by atoms with Gasteiger partial charge in [-0.05, 0) is 19.4 Å². The third-order valence-corrected chi connectivity index (χ3v) is 3.04. The third kappa shape index (κ3) is 1.95. The van der Waals surface area contributed by atoms with Crippen LogP contribution in [-0.2, 0) is 13.0 Å². The van der Waals surface area contributed by atoms with Gasteiger partial charge in [0.05, 0.1) is 5.69 Å². The molecule has 0 amide bonds. The summed E-state index contributed by atoms with van der Waals surface area (Å²) < 4.78 is 0. The van der Waals surface area contributed by atoms with Crippen LogP contribution in [0.3, 0.4) is 0 Å². The van der Waals surface area contributed by atoms with Gasteiger partial charge < -0.3 is 10.3 Å². The Balaban J connectivity index is 2.45. The molecule has 1 aromatic heterocycles. The Morgan fingerprint density at radius 3 is 3.07 bits per heavy atom. The van der Waals surface area contributed by atoms with E-state index in [1.807, 2.05) is 0 Å². The normalized spacial score (nSPS) is 17.2. The van der Waals surface area contributed by atoms with Crippen LogP contribution in [-0.4, -0.2) is 16.5 Å². The molecule has 1 atom stereocenters. The second kappa shape index (κ2) is 4.14. The van der Waals surface area contributed by atoms with Gasteiger partial charge in [-0.25, -0.2) is 4.98 Å². The van der Waals surface area contributed by atoms with Crippen LogP contribution < -0.4 is 10.9 Å². The van der Waals surface area contributed by atoms with E-state index in [-0.39, 0.29) is 5.56 Å². The fourth-order valence-corrected chi connectivity index (χ4v) is 1.81. The van der Waals surface area contributed by atoms with Crippen LogP contribution in [0, 0.1) is 0 Å². The lowest BCUT2D eigenvalue weighted by Crippen LogP contribution is -2.32. The van der Waals surface area contributed by atoms with E-state index in [1.165, 1.54) is 0 Å². The number of H-pyrrole nitrogens is 1. The van der Waals surface area contributed by atoms with Crippen molar-refractivity contribution in [1.29, 1.82) is 0 Å². The summed E-state index contributed by atoms with van der Waals surface area (Å²) in [7, 11) is 0. The zero-order valence-electron chi connectivity index (χ0n) is 9.26. The molecule has 2 N–H and O–H groups in total. The molecule has 0 radical (unpaired) electrons. The Bertz CT molecular complexity index is 411. The molecule has 0 aromatic carbocycles. The van der Waals surface area contributed by atoms with Crippen LogP contribution in [0.2, 0.25) is 0 Å². The Labute approximate surface area is 89.1 Å². The van der Waals surface area contributed by atoms with Gasteiger partial charge in [-0.1, -0.05) is 13.8 Å². The molecular formula is C11H17N3O. The van der Waals surface area contributed by atoms with E-state index < -0.39 is 0 Å². The summed E-state index contributed by atoms with van der Waals surface area (Å²) in [6, 6.07) is 0. The summed E-state index contributed by atoms with van der Waals surface area (Å²) in [5.41, 5.74) is 1.85. The van der Waals surface area contributed by atoms with Gasteiger partial charge in [0.25, 0.3) is 5.56 Å². The SMILES string of the molecule is CCC(C)c1nc2c(c(=O)[nH]1)CCNC2. The summed E-state index contributed by atoms with van der Waals surface area (Å²) in [5, 5.41) is 3.24. The van der Waals surface area contributed by atoms with Crippen LogP contribution in [0.25, 0.3) is 0 Å². The van der Waals surface area contributed by atoms with E-state index >= 15 is 0 Å². The van der Waals surface area contributed by atoms with Crippen LogP contribution >= 0.6 is 0 Å². The number of fused-ring (bicyclic) bond motifs is 1. The van der Waals surface area contributed by atoms with E-state index in [0.717, 1.165) is 43.0 Å². The van der Waals surface area contributed by atoms with Crippen molar-refractivity contribution in [1.82, 2.24) is 15.3 Å². The van der Waals surface area contributed by atoms with Crippen molar-refractivity contribution in [2.24, 2.45) is 0 Å². The minimum atomic E-state index is 0.0526. The number of hydrogen-bond donors (Lipinski definition) is 2. The van der Waals surface area contributed by atoms with Crippen LogP contribution in [0.1, 0.15) is 43.3 Å². The number of aromatic amines is 1. The smallest absolute Gasteiger partial charge is 0.254 e. The van der Waals surface area contributed by atoms with Gasteiger partial charge in [0, 0.05) is 18.0 Å². The number of aromatic nitrogens is 2. The first kappa shape index (κ1) is 10.4. The Kier molecular flexibility index (Phi) is 2.86. The lowest BCUT2D eigenvalue weighted by atomic mass is 10.1. The molecule has 1 aliphatic heterocycles. The molecule has 0 aliphatic carbocycles. The summed E-state index contributed by atoms with van der Waals surface area (Å²) in [4.78, 5) is 19.2. The largest absolute Gasteiger partial charge is 0.311 e. The van der Waals surface area contributed by atoms with Gasteiger partial charge in [-0.3, -0.25) is 4.79 Å². The number of hydrogen-bond acceptors (Lipinski definition) is 3. The molecule has 2 rings (SSSR count). The lowest BCUT2D eigenvalue weighted by Gasteiger charge is -2.17. The van der Waals surface area contributed by atoms with Crippen LogP contribution in [0.4, 0.5) is 0 Å². The van der Waals surface area contributed by atoms with E-state index in [2.05, 4.69) is 29.1 Å². The highest BCUT2D eigenvalue weighted by atomic mass is 16.1. The summed E-state index contributed by atoms with van der Waals surface area (Å²) in [6.45, 7) is 5.78. The molecule has 1 aromatic rings. The topological polar surface area (TPSA) is 57.8 Å². The molecule has 4 nitrogen and oxygen atoms in total. The highest BCUT2D eigenvalue weighted by molar-refractivity contribution is 5.21. The lowest BCUT2D eigenvalue weighted by molar-refractivity contribution is 0.593. The molecule has 0 bridgehead atoms. The van der Waals surface area contributed by atoms with Crippen LogP contribution in [0.5, 0.6) is 0 Å². The van der Waals surface area contributed by atoms with Gasteiger partial charge in [-0.2, -0.15) is 0 Å².